The van der Waals surface area contributed by atoms with Gasteiger partial charge in [-0.25, -0.2) is 5.43 Å². The molecule has 0 aliphatic carbocycles. The average Bonchev–Trinajstić information content (AvgIpc) is 3.04. The zero-order valence-electron chi connectivity index (χ0n) is 15.1. The second kappa shape index (κ2) is 9.02. The lowest BCUT2D eigenvalue weighted by Gasteiger charge is -2.00. The van der Waals surface area contributed by atoms with E-state index in [0.29, 0.717) is 0 Å². The van der Waals surface area contributed by atoms with Gasteiger partial charge in [-0.15, -0.1) is 11.8 Å². The molecule has 0 radical (unpaired) electrons. The van der Waals surface area contributed by atoms with Crippen LogP contribution < -0.4 is 11.2 Å². The van der Waals surface area contributed by atoms with Gasteiger partial charge in [0.2, 0.25) is 11.8 Å². The zero-order chi connectivity index (χ0) is 20.8. The molecule has 0 saturated heterocycles. The van der Waals surface area contributed by atoms with Gasteiger partial charge in [0, 0.05) is 39.7 Å². The molecule has 10 heteroatoms. The molecule has 2 amide bonds. The first-order chi connectivity index (χ1) is 13.9. The van der Waals surface area contributed by atoms with Gasteiger partial charge in [0.15, 0.2) is 0 Å². The Bertz CT molecular complexity index is 1090. The number of amides is 2. The number of carbonyl (C=O) groups excluding carboxylic acids is 2. The molecular weight excluding hydrogens is 394 g/mol. The van der Waals surface area contributed by atoms with Crippen LogP contribution >= 0.6 is 11.8 Å². The highest BCUT2D eigenvalue weighted by Gasteiger charge is 2.09. The third-order valence-electron chi connectivity index (χ3n) is 3.96. The SMILES string of the molecule is NC(=O)Cn1cc(C=NNC(=O)CSc2ccc([N+](=O)[O-])cc2)c2ccccc21. The van der Waals surface area contributed by atoms with Crippen molar-refractivity contribution in [2.75, 3.05) is 5.75 Å². The van der Waals surface area contributed by atoms with Gasteiger partial charge in [0.1, 0.15) is 6.54 Å². The lowest BCUT2D eigenvalue weighted by Crippen LogP contribution is -2.19. The summed E-state index contributed by atoms with van der Waals surface area (Å²) in [6.45, 7) is 0.0482. The number of primary amides is 1. The molecule has 0 bridgehead atoms. The van der Waals surface area contributed by atoms with E-state index in [2.05, 4.69) is 10.5 Å². The predicted molar refractivity (Wildman–Crippen MR) is 111 cm³/mol. The zero-order valence-corrected chi connectivity index (χ0v) is 16.0. The molecule has 148 valence electrons. The maximum Gasteiger partial charge on any atom is 0.269 e. The van der Waals surface area contributed by atoms with E-state index in [-0.39, 0.29) is 23.9 Å². The van der Waals surface area contributed by atoms with E-state index in [4.69, 9.17) is 5.73 Å². The summed E-state index contributed by atoms with van der Waals surface area (Å²) in [5, 5.41) is 15.5. The first-order valence-corrected chi connectivity index (χ1v) is 9.48. The largest absolute Gasteiger partial charge is 0.368 e. The molecule has 1 heterocycles. The van der Waals surface area contributed by atoms with Crippen molar-refractivity contribution in [3.05, 3.63) is 70.4 Å². The lowest BCUT2D eigenvalue weighted by atomic mass is 10.2. The smallest absolute Gasteiger partial charge is 0.269 e. The fourth-order valence-corrected chi connectivity index (χ4v) is 3.39. The molecule has 1 aromatic heterocycles. The van der Waals surface area contributed by atoms with E-state index in [1.54, 1.807) is 22.9 Å². The minimum absolute atomic E-state index is 0.00102. The Hall–Kier alpha value is -3.66. The average molecular weight is 411 g/mol. The minimum Gasteiger partial charge on any atom is -0.368 e. The molecule has 3 aromatic rings. The number of nitro benzene ring substituents is 1. The van der Waals surface area contributed by atoms with Gasteiger partial charge in [0.05, 0.1) is 16.9 Å². The molecule has 0 saturated carbocycles. The van der Waals surface area contributed by atoms with Crippen molar-refractivity contribution in [3.8, 4) is 0 Å². The summed E-state index contributed by atoms with van der Waals surface area (Å²) in [4.78, 5) is 34.1. The highest BCUT2D eigenvalue weighted by molar-refractivity contribution is 8.00. The van der Waals surface area contributed by atoms with Gasteiger partial charge in [0.25, 0.3) is 5.69 Å². The second-order valence-electron chi connectivity index (χ2n) is 6.03. The maximum atomic E-state index is 12.0. The van der Waals surface area contributed by atoms with Crippen molar-refractivity contribution in [3.63, 3.8) is 0 Å². The Kier molecular flexibility index (Phi) is 6.25. The van der Waals surface area contributed by atoms with Crippen LogP contribution in [0, 0.1) is 10.1 Å². The molecule has 0 unspecified atom stereocenters. The summed E-state index contributed by atoms with van der Waals surface area (Å²) >= 11 is 1.24. The Morgan fingerprint density at radius 3 is 2.62 bits per heavy atom. The van der Waals surface area contributed by atoms with E-state index in [1.807, 2.05) is 24.3 Å². The maximum absolute atomic E-state index is 12.0. The number of nitrogens with one attached hydrogen (secondary N) is 1. The standard InChI is InChI=1S/C19H17N5O4S/c20-18(25)11-23-10-13(16-3-1-2-4-17(16)23)9-21-22-19(26)12-29-15-7-5-14(6-8-15)24(27)28/h1-10H,11-12H2,(H2,20,25)(H,22,26). The number of aromatic nitrogens is 1. The molecule has 0 atom stereocenters. The monoisotopic (exact) mass is 411 g/mol. The van der Waals surface area contributed by atoms with Crippen molar-refractivity contribution in [1.82, 2.24) is 9.99 Å². The fraction of sp³-hybridized carbons (Fsp3) is 0.105. The summed E-state index contributed by atoms with van der Waals surface area (Å²) < 4.78 is 1.73. The second-order valence-corrected chi connectivity index (χ2v) is 7.08. The number of para-hydroxylation sites is 1. The molecule has 0 fully saturated rings. The third-order valence-corrected chi connectivity index (χ3v) is 4.97. The van der Waals surface area contributed by atoms with Crippen LogP contribution in [0.5, 0.6) is 0 Å². The van der Waals surface area contributed by atoms with Gasteiger partial charge in [-0.05, 0) is 18.2 Å². The van der Waals surface area contributed by atoms with E-state index < -0.39 is 10.8 Å². The number of thioether (sulfide) groups is 1. The van der Waals surface area contributed by atoms with Crippen LogP contribution in [0.2, 0.25) is 0 Å². The molecule has 0 spiro atoms. The Morgan fingerprint density at radius 1 is 1.21 bits per heavy atom. The van der Waals surface area contributed by atoms with E-state index in [0.717, 1.165) is 21.4 Å². The van der Waals surface area contributed by atoms with Crippen LogP contribution in [0.3, 0.4) is 0 Å². The van der Waals surface area contributed by atoms with Crippen LogP contribution in [0.15, 0.2) is 64.7 Å². The van der Waals surface area contributed by atoms with Gasteiger partial charge < -0.3 is 10.3 Å². The van der Waals surface area contributed by atoms with Crippen LogP contribution in [0.1, 0.15) is 5.56 Å². The first kappa shape index (κ1) is 20.1. The van der Waals surface area contributed by atoms with Crippen molar-refractivity contribution < 1.29 is 14.5 Å². The summed E-state index contributed by atoms with van der Waals surface area (Å²) in [5.41, 5.74) is 9.31. The molecule has 0 aliphatic heterocycles. The normalized spacial score (nSPS) is 11.0. The van der Waals surface area contributed by atoms with Crippen molar-refractivity contribution in [2.24, 2.45) is 10.8 Å². The van der Waals surface area contributed by atoms with Crippen LogP contribution in [-0.4, -0.2) is 33.3 Å². The molecule has 3 rings (SSSR count). The Balaban J connectivity index is 1.60. The van der Waals surface area contributed by atoms with Crippen molar-refractivity contribution in [1.29, 1.82) is 0 Å². The quantitative estimate of drug-likeness (QED) is 0.254. The number of hydrogen-bond acceptors (Lipinski definition) is 6. The number of rotatable bonds is 8. The number of nitrogens with zero attached hydrogens (tertiary/aromatic N) is 3. The number of non-ortho nitro benzene ring substituents is 1. The highest BCUT2D eigenvalue weighted by Crippen LogP contribution is 2.21. The molecule has 9 nitrogen and oxygen atoms in total. The van der Waals surface area contributed by atoms with Gasteiger partial charge in [-0.1, -0.05) is 18.2 Å². The summed E-state index contributed by atoms with van der Waals surface area (Å²) in [7, 11) is 0. The molecule has 2 aromatic carbocycles. The Morgan fingerprint density at radius 2 is 1.93 bits per heavy atom. The van der Waals surface area contributed by atoms with Crippen LogP contribution in [-0.2, 0) is 16.1 Å². The van der Waals surface area contributed by atoms with Crippen molar-refractivity contribution >= 4 is 46.4 Å². The molecule has 3 N–H and O–H groups in total. The fourth-order valence-electron chi connectivity index (χ4n) is 2.70. The van der Waals surface area contributed by atoms with Crippen LogP contribution in [0.25, 0.3) is 10.9 Å². The predicted octanol–water partition coefficient (Wildman–Crippen LogP) is 2.28. The van der Waals surface area contributed by atoms with E-state index in [9.17, 15) is 19.7 Å². The number of hydrogen-bond donors (Lipinski definition) is 2. The summed E-state index contributed by atoms with van der Waals surface area (Å²) in [5.74, 6) is -0.658. The lowest BCUT2D eigenvalue weighted by molar-refractivity contribution is -0.384. The van der Waals surface area contributed by atoms with Crippen molar-refractivity contribution in [2.45, 2.75) is 11.4 Å². The van der Waals surface area contributed by atoms with Gasteiger partial charge in [-0.2, -0.15) is 5.10 Å². The number of nitro groups is 1. The van der Waals surface area contributed by atoms with Gasteiger partial charge in [-0.3, -0.25) is 19.7 Å². The van der Waals surface area contributed by atoms with E-state index in [1.165, 1.54) is 30.1 Å². The topological polar surface area (TPSA) is 133 Å². The van der Waals surface area contributed by atoms with E-state index >= 15 is 0 Å². The molecule has 0 aliphatic rings. The summed E-state index contributed by atoms with van der Waals surface area (Å²) in [6, 6.07) is 13.4. The molecular formula is C19H17N5O4S. The number of hydrazone groups is 1. The third kappa shape index (κ3) is 5.20. The number of nitrogens with two attached hydrogens (primary N) is 1. The number of benzene rings is 2. The molecule has 29 heavy (non-hydrogen) atoms. The summed E-state index contributed by atoms with van der Waals surface area (Å²) in [6.07, 6.45) is 3.25. The highest BCUT2D eigenvalue weighted by atomic mass is 32.2. The number of carbonyl (C=O) groups is 2. The number of fused-ring (bicyclic) bond motifs is 1. The first-order valence-electron chi connectivity index (χ1n) is 8.49. The Labute approximate surface area is 169 Å². The minimum atomic E-state index is -0.476. The van der Waals surface area contributed by atoms with Crippen LogP contribution in [0.4, 0.5) is 5.69 Å². The van der Waals surface area contributed by atoms with Gasteiger partial charge >= 0.3 is 0 Å².